The van der Waals surface area contributed by atoms with Crippen LogP contribution in [0.3, 0.4) is 0 Å². The molecule has 24 heavy (non-hydrogen) atoms. The van der Waals surface area contributed by atoms with Gasteiger partial charge in [-0.05, 0) is 30.7 Å². The molecule has 7 heteroatoms. The number of rotatable bonds is 7. The summed E-state index contributed by atoms with van der Waals surface area (Å²) in [6, 6.07) is 13.7. The number of benzene rings is 2. The largest absolute Gasteiger partial charge is 0.355 e. The third-order valence-electron chi connectivity index (χ3n) is 3.33. The highest BCUT2D eigenvalue weighted by Gasteiger charge is 2.13. The molecule has 2 rings (SSSR count). The van der Waals surface area contributed by atoms with Crippen LogP contribution in [-0.2, 0) is 21.2 Å². The van der Waals surface area contributed by atoms with Crippen molar-refractivity contribution in [3.63, 3.8) is 0 Å². The Morgan fingerprint density at radius 1 is 1.08 bits per heavy atom. The quantitative estimate of drug-likeness (QED) is 0.738. The topological polar surface area (TPSA) is 75.3 Å². The summed E-state index contributed by atoms with van der Waals surface area (Å²) in [6.07, 6.45) is 0.265. The second-order valence-electron chi connectivity index (χ2n) is 5.37. The average molecular weight is 367 g/mol. The van der Waals surface area contributed by atoms with E-state index in [9.17, 15) is 13.2 Å². The summed E-state index contributed by atoms with van der Waals surface area (Å²) in [4.78, 5) is 11.9. The summed E-state index contributed by atoms with van der Waals surface area (Å²) in [6.45, 7) is 2.30. The number of hydrogen-bond donors (Lipinski definition) is 2. The van der Waals surface area contributed by atoms with Gasteiger partial charge in [0.15, 0.2) is 0 Å². The smallest absolute Gasteiger partial charge is 0.240 e. The van der Waals surface area contributed by atoms with Crippen LogP contribution in [0.2, 0.25) is 5.02 Å². The monoisotopic (exact) mass is 366 g/mol. The van der Waals surface area contributed by atoms with Gasteiger partial charge in [0.1, 0.15) is 0 Å². The van der Waals surface area contributed by atoms with E-state index >= 15 is 0 Å². The lowest BCUT2D eigenvalue weighted by atomic mass is 10.1. The van der Waals surface area contributed by atoms with Gasteiger partial charge in [-0.15, -0.1) is 0 Å². The van der Waals surface area contributed by atoms with E-state index in [1.54, 1.807) is 12.1 Å². The summed E-state index contributed by atoms with van der Waals surface area (Å²) in [7, 11) is -3.63. The van der Waals surface area contributed by atoms with Crippen LogP contribution in [0.15, 0.2) is 53.4 Å². The van der Waals surface area contributed by atoms with Crippen molar-refractivity contribution in [2.75, 3.05) is 13.1 Å². The van der Waals surface area contributed by atoms with Crippen molar-refractivity contribution in [2.24, 2.45) is 0 Å². The van der Waals surface area contributed by atoms with Crippen molar-refractivity contribution in [2.45, 2.75) is 18.2 Å². The van der Waals surface area contributed by atoms with Crippen molar-refractivity contribution in [1.29, 1.82) is 0 Å². The predicted molar refractivity (Wildman–Crippen MR) is 94.5 cm³/mol. The molecule has 0 aromatic heterocycles. The van der Waals surface area contributed by atoms with E-state index in [1.165, 1.54) is 12.1 Å². The van der Waals surface area contributed by atoms with Gasteiger partial charge in [-0.25, -0.2) is 13.1 Å². The Hall–Kier alpha value is -1.89. The van der Waals surface area contributed by atoms with Crippen LogP contribution in [0.4, 0.5) is 0 Å². The van der Waals surface area contributed by atoms with Crippen LogP contribution in [0.1, 0.15) is 11.1 Å². The van der Waals surface area contributed by atoms with Crippen molar-refractivity contribution >= 4 is 27.5 Å². The molecule has 0 aliphatic rings. The fourth-order valence-corrected chi connectivity index (χ4v) is 3.39. The molecule has 0 radical (unpaired) electrons. The fourth-order valence-electron chi connectivity index (χ4n) is 2.06. The highest BCUT2D eigenvalue weighted by Crippen LogP contribution is 2.14. The van der Waals surface area contributed by atoms with Crippen LogP contribution in [0.25, 0.3) is 0 Å². The van der Waals surface area contributed by atoms with Crippen molar-refractivity contribution in [3.05, 3.63) is 64.7 Å². The second-order valence-corrected chi connectivity index (χ2v) is 7.57. The van der Waals surface area contributed by atoms with Crippen LogP contribution < -0.4 is 10.0 Å². The first-order chi connectivity index (χ1) is 11.4. The Bertz CT molecular complexity index is 805. The van der Waals surface area contributed by atoms with Gasteiger partial charge in [0, 0.05) is 18.1 Å². The number of nitrogens with one attached hydrogen (secondary N) is 2. The summed E-state index contributed by atoms with van der Waals surface area (Å²) in [5.74, 6) is -0.152. The predicted octanol–water partition coefficient (Wildman–Crippen LogP) is 2.29. The minimum absolute atomic E-state index is 0.0981. The van der Waals surface area contributed by atoms with Gasteiger partial charge in [-0.1, -0.05) is 47.5 Å². The number of carbonyl (C=O) groups is 1. The maximum atomic E-state index is 12.1. The van der Waals surface area contributed by atoms with E-state index in [0.717, 1.165) is 11.1 Å². The molecule has 1 amide bonds. The Labute approximate surface area is 147 Å². The molecule has 0 fully saturated rings. The van der Waals surface area contributed by atoms with E-state index in [0.29, 0.717) is 5.02 Å². The number of halogens is 1. The fraction of sp³-hybridized carbons (Fsp3) is 0.235. The summed E-state index contributed by atoms with van der Waals surface area (Å²) >= 11 is 5.79. The molecule has 0 bridgehead atoms. The van der Waals surface area contributed by atoms with Crippen LogP contribution >= 0.6 is 11.6 Å². The zero-order chi connectivity index (χ0) is 17.6. The van der Waals surface area contributed by atoms with Gasteiger partial charge < -0.3 is 5.32 Å². The Kier molecular flexibility index (Phi) is 6.36. The molecule has 0 saturated carbocycles. The molecule has 0 aliphatic carbocycles. The highest BCUT2D eigenvalue weighted by atomic mass is 35.5. The maximum Gasteiger partial charge on any atom is 0.240 e. The van der Waals surface area contributed by atoms with Gasteiger partial charge in [0.2, 0.25) is 15.9 Å². The molecule has 128 valence electrons. The van der Waals surface area contributed by atoms with E-state index in [4.69, 9.17) is 11.6 Å². The Morgan fingerprint density at radius 2 is 1.79 bits per heavy atom. The molecule has 0 unspecified atom stereocenters. The lowest BCUT2D eigenvalue weighted by Gasteiger charge is -2.08. The third-order valence-corrected chi connectivity index (χ3v) is 5.02. The number of amides is 1. The van der Waals surface area contributed by atoms with Crippen LogP contribution in [-0.4, -0.2) is 27.4 Å². The van der Waals surface area contributed by atoms with Crippen molar-refractivity contribution in [3.8, 4) is 0 Å². The van der Waals surface area contributed by atoms with Gasteiger partial charge >= 0.3 is 0 Å². The standard InChI is InChI=1S/C17H19ClN2O3S/c1-13-5-7-14(8-6-13)11-17(21)19-9-10-20-24(22,23)16-4-2-3-15(18)12-16/h2-8,12,20H,9-11H2,1H3,(H,19,21). The summed E-state index contributed by atoms with van der Waals surface area (Å²) in [5.41, 5.74) is 2.05. The molecule has 0 heterocycles. The highest BCUT2D eigenvalue weighted by molar-refractivity contribution is 7.89. The van der Waals surface area contributed by atoms with E-state index < -0.39 is 10.0 Å². The molecule has 2 aromatic carbocycles. The molecular weight excluding hydrogens is 348 g/mol. The van der Waals surface area contributed by atoms with Gasteiger partial charge in [-0.3, -0.25) is 4.79 Å². The van der Waals surface area contributed by atoms with Gasteiger partial charge in [-0.2, -0.15) is 0 Å². The van der Waals surface area contributed by atoms with Gasteiger partial charge in [0.25, 0.3) is 0 Å². The Morgan fingerprint density at radius 3 is 2.46 bits per heavy atom. The normalized spacial score (nSPS) is 11.2. The van der Waals surface area contributed by atoms with E-state index in [1.807, 2.05) is 31.2 Å². The molecule has 0 saturated heterocycles. The zero-order valence-corrected chi connectivity index (χ0v) is 14.8. The SMILES string of the molecule is Cc1ccc(CC(=O)NCCNS(=O)(=O)c2cccc(Cl)c2)cc1. The zero-order valence-electron chi connectivity index (χ0n) is 13.3. The first-order valence-electron chi connectivity index (χ1n) is 7.44. The van der Waals surface area contributed by atoms with Crippen molar-refractivity contribution < 1.29 is 13.2 Å². The number of aryl methyl sites for hydroxylation is 1. The van der Waals surface area contributed by atoms with Gasteiger partial charge in [0.05, 0.1) is 11.3 Å². The Balaban J connectivity index is 1.77. The first kappa shape index (κ1) is 18.4. The summed E-state index contributed by atoms with van der Waals surface area (Å²) < 4.78 is 26.6. The second kappa shape index (κ2) is 8.28. The van der Waals surface area contributed by atoms with Crippen molar-refractivity contribution in [1.82, 2.24) is 10.0 Å². The maximum absolute atomic E-state index is 12.1. The number of sulfonamides is 1. The molecule has 5 nitrogen and oxygen atoms in total. The first-order valence-corrected chi connectivity index (χ1v) is 9.30. The third kappa shape index (κ3) is 5.63. The lowest BCUT2D eigenvalue weighted by Crippen LogP contribution is -2.35. The molecule has 0 spiro atoms. The summed E-state index contributed by atoms with van der Waals surface area (Å²) in [5, 5.41) is 3.04. The molecule has 0 atom stereocenters. The molecular formula is C17H19ClN2O3S. The minimum Gasteiger partial charge on any atom is -0.355 e. The molecule has 2 N–H and O–H groups in total. The number of carbonyl (C=O) groups excluding carboxylic acids is 1. The number of hydrogen-bond acceptors (Lipinski definition) is 3. The minimum atomic E-state index is -3.63. The van der Waals surface area contributed by atoms with Crippen LogP contribution in [0.5, 0.6) is 0 Å². The van der Waals surface area contributed by atoms with E-state index in [-0.39, 0.29) is 30.3 Å². The molecule has 0 aliphatic heterocycles. The molecule has 2 aromatic rings. The average Bonchev–Trinajstić information content (AvgIpc) is 2.54. The van der Waals surface area contributed by atoms with E-state index in [2.05, 4.69) is 10.0 Å². The lowest BCUT2D eigenvalue weighted by molar-refractivity contribution is -0.120. The van der Waals surface area contributed by atoms with Crippen LogP contribution in [0, 0.1) is 6.92 Å².